The van der Waals surface area contributed by atoms with E-state index in [0.29, 0.717) is 0 Å². The Bertz CT molecular complexity index is 2190. The summed E-state index contributed by atoms with van der Waals surface area (Å²) < 4.78 is 2.42. The van der Waals surface area contributed by atoms with Crippen molar-refractivity contribution in [3.05, 3.63) is 203 Å². The summed E-state index contributed by atoms with van der Waals surface area (Å²) in [6.07, 6.45) is 9.87. The van der Waals surface area contributed by atoms with Crippen molar-refractivity contribution in [2.45, 2.75) is 37.0 Å². The van der Waals surface area contributed by atoms with Gasteiger partial charge in [0.25, 0.3) is 0 Å². The van der Waals surface area contributed by atoms with Crippen molar-refractivity contribution in [1.82, 2.24) is 0 Å². The first-order valence-corrected chi connectivity index (χ1v) is 17.5. The van der Waals surface area contributed by atoms with Crippen LogP contribution in [0, 0.1) is 0 Å². The van der Waals surface area contributed by atoms with Gasteiger partial charge in [-0.05, 0) is 77.4 Å². The van der Waals surface area contributed by atoms with Crippen LogP contribution in [0.2, 0.25) is 0 Å². The fourth-order valence-corrected chi connectivity index (χ4v) is 8.81. The van der Waals surface area contributed by atoms with Crippen LogP contribution in [0.4, 0.5) is 11.4 Å². The molecule has 2 heterocycles. The molecule has 6 aromatic carbocycles. The van der Waals surface area contributed by atoms with Gasteiger partial charge in [0, 0.05) is 41.6 Å². The molecule has 2 aliphatic rings. The quantitative estimate of drug-likeness (QED) is 0.151. The first kappa shape index (κ1) is 30.8. The van der Waals surface area contributed by atoms with Gasteiger partial charge >= 0.3 is 0 Å². The van der Waals surface area contributed by atoms with Crippen molar-refractivity contribution < 1.29 is 4.58 Å². The molecule has 0 N–H and O–H groups in total. The molecule has 2 aliphatic heterocycles. The van der Waals surface area contributed by atoms with Gasteiger partial charge in [-0.2, -0.15) is 4.58 Å². The van der Waals surface area contributed by atoms with E-state index in [1.165, 1.54) is 61.4 Å². The topological polar surface area (TPSA) is 6.25 Å². The van der Waals surface area contributed by atoms with Crippen molar-refractivity contribution in [3.8, 4) is 0 Å². The molecule has 240 valence electrons. The van der Waals surface area contributed by atoms with Gasteiger partial charge < -0.3 is 4.90 Å². The Morgan fingerprint density at radius 1 is 0.612 bits per heavy atom. The van der Waals surface area contributed by atoms with E-state index in [1.807, 2.05) is 0 Å². The van der Waals surface area contributed by atoms with Crippen LogP contribution in [0.5, 0.6) is 0 Å². The Hall–Kier alpha value is -5.47. The number of rotatable bonds is 8. The highest BCUT2D eigenvalue weighted by Crippen LogP contribution is 2.51. The maximum Gasteiger partial charge on any atom is 0.210 e. The van der Waals surface area contributed by atoms with Gasteiger partial charge in [0.05, 0.1) is 5.41 Å². The molecule has 0 radical (unpaired) electrons. The van der Waals surface area contributed by atoms with Gasteiger partial charge in [-0.3, -0.25) is 0 Å². The zero-order chi connectivity index (χ0) is 33.4. The highest BCUT2D eigenvalue weighted by molar-refractivity contribution is 6.08. The van der Waals surface area contributed by atoms with Crippen LogP contribution >= 0.6 is 0 Å². The second-order valence-electron chi connectivity index (χ2n) is 14.0. The van der Waals surface area contributed by atoms with Gasteiger partial charge in [-0.1, -0.05) is 140 Å². The molecule has 8 rings (SSSR count). The average Bonchev–Trinajstić information content (AvgIpc) is 3.49. The molecule has 1 atom stereocenters. The zero-order valence-electron chi connectivity index (χ0n) is 28.7. The predicted molar refractivity (Wildman–Crippen MR) is 206 cm³/mol. The van der Waals surface area contributed by atoms with Crippen LogP contribution in [0.1, 0.15) is 34.7 Å². The lowest BCUT2D eigenvalue weighted by Gasteiger charge is -2.33. The Labute approximate surface area is 291 Å². The summed E-state index contributed by atoms with van der Waals surface area (Å²) in [7, 11) is 4.48. The molecule has 0 saturated heterocycles. The SMILES string of the molecule is CN1/C(=C/C=C/C2=[N+](C)c3ccc4ccccc4c3C2(C)Cc2ccccc2)C(Cc2ccccc2)(Cc2ccccc2)c2ccccc21. The number of hydrogen-bond acceptors (Lipinski definition) is 1. The van der Waals surface area contributed by atoms with E-state index in [1.54, 1.807) is 0 Å². The largest absolute Gasteiger partial charge is 0.347 e. The van der Waals surface area contributed by atoms with Crippen molar-refractivity contribution in [3.63, 3.8) is 0 Å². The van der Waals surface area contributed by atoms with Crippen LogP contribution < -0.4 is 4.90 Å². The number of nitrogens with zero attached hydrogens (tertiary/aromatic N) is 2. The van der Waals surface area contributed by atoms with Crippen molar-refractivity contribution in [2.75, 3.05) is 19.0 Å². The third-order valence-electron chi connectivity index (χ3n) is 11.0. The monoisotopic (exact) mass is 635 g/mol. The first-order chi connectivity index (χ1) is 24.0. The number of benzene rings is 6. The Morgan fingerprint density at radius 2 is 1.16 bits per heavy atom. The molecule has 0 amide bonds. The molecule has 1 unspecified atom stereocenters. The fourth-order valence-electron chi connectivity index (χ4n) is 8.81. The lowest BCUT2D eigenvalue weighted by atomic mass is 9.70. The van der Waals surface area contributed by atoms with Crippen LogP contribution in [0.3, 0.4) is 0 Å². The van der Waals surface area contributed by atoms with Gasteiger partial charge in [0.2, 0.25) is 5.69 Å². The molecular weight excluding hydrogens is 593 g/mol. The van der Waals surface area contributed by atoms with Crippen molar-refractivity contribution >= 4 is 27.9 Å². The smallest absolute Gasteiger partial charge is 0.210 e. The van der Waals surface area contributed by atoms with E-state index in [2.05, 4.69) is 200 Å². The molecule has 2 heteroatoms. The van der Waals surface area contributed by atoms with Gasteiger partial charge in [0.15, 0.2) is 5.71 Å². The fraction of sp³-hybridized carbons (Fsp3) is 0.170. The summed E-state index contributed by atoms with van der Waals surface area (Å²) >= 11 is 0. The first-order valence-electron chi connectivity index (χ1n) is 17.5. The minimum absolute atomic E-state index is 0.211. The summed E-state index contributed by atoms with van der Waals surface area (Å²) in [5.41, 5.74) is 11.6. The van der Waals surface area contributed by atoms with E-state index >= 15 is 0 Å². The summed E-state index contributed by atoms with van der Waals surface area (Å²) in [4.78, 5) is 2.43. The third-order valence-corrected chi connectivity index (χ3v) is 11.0. The molecule has 0 aliphatic carbocycles. The normalized spacial score (nSPS) is 18.8. The Kier molecular flexibility index (Phi) is 7.88. The van der Waals surface area contributed by atoms with Crippen LogP contribution in [-0.4, -0.2) is 24.4 Å². The Balaban J connectivity index is 1.27. The van der Waals surface area contributed by atoms with E-state index in [-0.39, 0.29) is 10.8 Å². The Morgan fingerprint density at radius 3 is 1.82 bits per heavy atom. The number of para-hydroxylation sites is 1. The number of likely N-dealkylation sites (N-methyl/N-ethyl adjacent to an activating group) is 1. The van der Waals surface area contributed by atoms with Crippen LogP contribution in [0.15, 0.2) is 176 Å². The minimum atomic E-state index is -0.225. The molecular formula is C47H43N2+. The number of allylic oxidation sites excluding steroid dienone is 4. The maximum atomic E-state index is 2.44. The molecule has 0 aromatic heterocycles. The maximum absolute atomic E-state index is 2.44. The summed E-state index contributed by atoms with van der Waals surface area (Å²) in [6.45, 7) is 2.44. The van der Waals surface area contributed by atoms with Crippen molar-refractivity contribution in [2.24, 2.45) is 0 Å². The van der Waals surface area contributed by atoms with E-state index in [4.69, 9.17) is 0 Å². The molecule has 0 saturated carbocycles. The lowest BCUT2D eigenvalue weighted by Crippen LogP contribution is -2.35. The summed E-state index contributed by atoms with van der Waals surface area (Å²) in [6, 6.07) is 55.4. The highest BCUT2D eigenvalue weighted by atomic mass is 15.2. The van der Waals surface area contributed by atoms with Crippen LogP contribution in [0.25, 0.3) is 10.8 Å². The zero-order valence-corrected chi connectivity index (χ0v) is 28.7. The number of anilines is 1. The van der Waals surface area contributed by atoms with Gasteiger partial charge in [-0.15, -0.1) is 0 Å². The summed E-state index contributed by atoms with van der Waals surface area (Å²) in [5.74, 6) is 0. The number of fused-ring (bicyclic) bond motifs is 4. The molecule has 6 aromatic rings. The molecule has 0 fully saturated rings. The second-order valence-corrected chi connectivity index (χ2v) is 14.0. The number of hydrogen-bond donors (Lipinski definition) is 0. The van der Waals surface area contributed by atoms with E-state index in [0.717, 1.165) is 19.3 Å². The van der Waals surface area contributed by atoms with E-state index < -0.39 is 0 Å². The predicted octanol–water partition coefficient (Wildman–Crippen LogP) is 10.4. The standard InChI is InChI=1S/C47H43N2/c1-46(32-35-18-7-4-8-19-35)43(49(3)42-31-30-38-24-13-14-25-39(38)45(42)46)28-17-29-44-47(33-36-20-9-5-10-21-36,34-37-22-11-6-12-23-37)40-26-15-16-27-41(40)48(44)2/h4-31H,32-34H2,1-3H3/q+1. The molecule has 2 nitrogen and oxygen atoms in total. The lowest BCUT2D eigenvalue weighted by molar-refractivity contribution is -0.401. The van der Waals surface area contributed by atoms with Gasteiger partial charge in [0.1, 0.15) is 7.05 Å². The minimum Gasteiger partial charge on any atom is -0.347 e. The average molecular weight is 636 g/mol. The van der Waals surface area contributed by atoms with Crippen molar-refractivity contribution in [1.29, 1.82) is 0 Å². The highest BCUT2D eigenvalue weighted by Gasteiger charge is 2.48. The summed E-state index contributed by atoms with van der Waals surface area (Å²) in [5, 5.41) is 2.63. The van der Waals surface area contributed by atoms with Crippen LogP contribution in [-0.2, 0) is 30.1 Å². The van der Waals surface area contributed by atoms with E-state index in [9.17, 15) is 0 Å². The molecule has 49 heavy (non-hydrogen) atoms. The second kappa shape index (κ2) is 12.5. The molecule has 0 bridgehead atoms. The third kappa shape index (κ3) is 5.33. The molecule has 0 spiro atoms. The van der Waals surface area contributed by atoms with Gasteiger partial charge in [-0.25, -0.2) is 0 Å².